The maximum absolute atomic E-state index is 13.8. The second kappa shape index (κ2) is 10.5. The number of hydrazine groups is 1. The summed E-state index contributed by atoms with van der Waals surface area (Å²) in [7, 11) is 2.09. The van der Waals surface area contributed by atoms with Gasteiger partial charge in [-0.05, 0) is 32.4 Å². The van der Waals surface area contributed by atoms with Crippen LogP contribution in [0.3, 0.4) is 0 Å². The number of rotatable bonds is 4. The van der Waals surface area contributed by atoms with Crippen LogP contribution >= 0.6 is 0 Å². The molecule has 1 aromatic rings. The molecule has 4 unspecified atom stereocenters. The van der Waals surface area contributed by atoms with Gasteiger partial charge in [-0.3, -0.25) is 19.9 Å². The third-order valence-corrected chi connectivity index (χ3v) is 7.96. The van der Waals surface area contributed by atoms with Crippen molar-refractivity contribution < 1.29 is 14.0 Å². The number of aromatic nitrogens is 1. The van der Waals surface area contributed by atoms with E-state index in [9.17, 15) is 14.0 Å². The first kappa shape index (κ1) is 25.3. The van der Waals surface area contributed by atoms with Crippen LogP contribution in [0, 0.1) is 18.8 Å². The molecule has 5 rings (SSSR count). The minimum absolute atomic E-state index is 0.0371. The van der Waals surface area contributed by atoms with E-state index in [0.29, 0.717) is 5.69 Å². The van der Waals surface area contributed by atoms with Gasteiger partial charge in [-0.15, -0.1) is 0 Å². The lowest BCUT2D eigenvalue weighted by Crippen LogP contribution is -2.58. The normalized spacial score (nSPS) is 30.3. The Bertz CT molecular complexity index is 965. The van der Waals surface area contributed by atoms with Crippen molar-refractivity contribution >= 4 is 23.2 Å². The summed E-state index contributed by atoms with van der Waals surface area (Å²) in [5, 5.41) is 7.83. The molecule has 4 atom stereocenters. The molecule has 4 aliphatic rings. The predicted octanol–water partition coefficient (Wildman–Crippen LogP) is -0.692. The number of nitrogens with one attached hydrogen (secondary N) is 3. The van der Waals surface area contributed by atoms with Crippen LogP contribution in [0.1, 0.15) is 18.4 Å². The van der Waals surface area contributed by atoms with Crippen LogP contribution in [0.4, 0.5) is 15.8 Å². The second-order valence-corrected chi connectivity index (χ2v) is 10.5. The van der Waals surface area contributed by atoms with Crippen molar-refractivity contribution in [3.8, 4) is 0 Å². The molecule has 198 valence electrons. The largest absolute Gasteiger partial charge is 0.370 e. The Morgan fingerprint density at radius 3 is 2.58 bits per heavy atom. The number of nitrogens with zero attached hydrogens (tertiary/aromatic N) is 5. The highest BCUT2D eigenvalue weighted by Gasteiger charge is 2.47. The highest BCUT2D eigenvalue weighted by atomic mass is 19.1. The molecule has 4 saturated heterocycles. The molecule has 11 nitrogen and oxygen atoms in total. The molecular weight excluding hydrogens is 465 g/mol. The minimum atomic E-state index is -1.01. The maximum Gasteiger partial charge on any atom is 0.233 e. The maximum atomic E-state index is 13.8. The molecular formula is C24H38FN9O2. The Labute approximate surface area is 211 Å². The van der Waals surface area contributed by atoms with E-state index in [1.165, 1.54) is 0 Å². The molecule has 2 amide bonds. The Hall–Kier alpha value is -2.38. The number of pyridine rings is 1. The number of piperidine rings is 1. The van der Waals surface area contributed by atoms with Crippen LogP contribution in [0.2, 0.25) is 0 Å². The lowest BCUT2D eigenvalue weighted by Gasteiger charge is -2.39. The zero-order valence-corrected chi connectivity index (χ0v) is 21.1. The number of aryl methyl sites for hydroxylation is 1. The van der Waals surface area contributed by atoms with E-state index in [4.69, 9.17) is 5.73 Å². The molecule has 0 bridgehead atoms. The fourth-order valence-electron chi connectivity index (χ4n) is 5.90. The van der Waals surface area contributed by atoms with Gasteiger partial charge < -0.3 is 25.8 Å². The number of fused-ring (bicyclic) bond motifs is 1. The topological polar surface area (TPSA) is 122 Å². The Morgan fingerprint density at radius 2 is 1.86 bits per heavy atom. The van der Waals surface area contributed by atoms with Gasteiger partial charge in [0.15, 0.2) is 0 Å². The molecule has 0 spiro atoms. The number of anilines is 2. The monoisotopic (exact) mass is 503 g/mol. The number of piperazine rings is 1. The van der Waals surface area contributed by atoms with Gasteiger partial charge in [0.1, 0.15) is 6.17 Å². The molecule has 0 radical (unpaired) electrons. The van der Waals surface area contributed by atoms with E-state index >= 15 is 0 Å². The summed E-state index contributed by atoms with van der Waals surface area (Å²) in [5.74, 6) is -0.514. The third-order valence-electron chi connectivity index (χ3n) is 7.96. The molecule has 36 heavy (non-hydrogen) atoms. The standard InChI is InChI=1S/C24H38FN9O2/c1-15-11-27-13-18(29-23(35)19-21(26)30-34-14-17(25)12-28-22(19)34)20(15)32-5-3-16(4-6-32)24(36)33-9-7-31(2)8-10-33/h11,13,16-17,19,21-22,28,30H,3-10,12,14,26H2,1-2H3,(H,29,35). The van der Waals surface area contributed by atoms with E-state index in [2.05, 4.69) is 37.9 Å². The molecule has 0 aromatic carbocycles. The molecule has 5 N–H and O–H groups in total. The Kier molecular flexibility index (Phi) is 7.40. The van der Waals surface area contributed by atoms with Crippen molar-refractivity contribution in [3.63, 3.8) is 0 Å². The van der Waals surface area contributed by atoms with E-state index < -0.39 is 18.3 Å². The van der Waals surface area contributed by atoms with Crippen LogP contribution in [0.5, 0.6) is 0 Å². The van der Waals surface area contributed by atoms with Gasteiger partial charge in [0, 0.05) is 64.5 Å². The summed E-state index contributed by atoms with van der Waals surface area (Å²) < 4.78 is 13.8. The third kappa shape index (κ3) is 5.05. The van der Waals surface area contributed by atoms with Crippen molar-refractivity contribution in [2.24, 2.45) is 17.6 Å². The summed E-state index contributed by atoms with van der Waals surface area (Å²) in [6, 6.07) is 0. The van der Waals surface area contributed by atoms with Gasteiger partial charge in [0.2, 0.25) is 11.8 Å². The summed E-state index contributed by atoms with van der Waals surface area (Å²) in [6.07, 6.45) is 3.02. The van der Waals surface area contributed by atoms with E-state index in [1.807, 2.05) is 11.8 Å². The van der Waals surface area contributed by atoms with E-state index in [1.54, 1.807) is 17.4 Å². The molecule has 4 aliphatic heterocycles. The summed E-state index contributed by atoms with van der Waals surface area (Å²) >= 11 is 0. The Morgan fingerprint density at radius 1 is 1.14 bits per heavy atom. The van der Waals surface area contributed by atoms with Crippen molar-refractivity contribution in [2.45, 2.75) is 38.3 Å². The number of likely N-dealkylation sites (N-methyl/N-ethyl adjacent to an activating group) is 1. The van der Waals surface area contributed by atoms with Crippen molar-refractivity contribution in [3.05, 3.63) is 18.0 Å². The lowest BCUT2D eigenvalue weighted by molar-refractivity contribution is -0.137. The first-order valence-corrected chi connectivity index (χ1v) is 13.0. The van der Waals surface area contributed by atoms with Gasteiger partial charge >= 0.3 is 0 Å². The number of carbonyl (C=O) groups is 2. The van der Waals surface area contributed by atoms with E-state index in [-0.39, 0.29) is 37.0 Å². The molecule has 4 fully saturated rings. The summed E-state index contributed by atoms with van der Waals surface area (Å²) in [6.45, 7) is 7.27. The van der Waals surface area contributed by atoms with Gasteiger partial charge in [-0.1, -0.05) is 0 Å². The molecule has 0 aliphatic carbocycles. The van der Waals surface area contributed by atoms with Crippen LogP contribution in [0.15, 0.2) is 12.4 Å². The van der Waals surface area contributed by atoms with Crippen molar-refractivity contribution in [1.29, 1.82) is 0 Å². The molecule has 0 saturated carbocycles. The number of amides is 2. The quantitative estimate of drug-likeness (QED) is 0.423. The van der Waals surface area contributed by atoms with Crippen LogP contribution in [-0.2, 0) is 9.59 Å². The molecule has 12 heteroatoms. The summed E-state index contributed by atoms with van der Waals surface area (Å²) in [5.41, 5.74) is 11.8. The zero-order chi connectivity index (χ0) is 25.4. The predicted molar refractivity (Wildman–Crippen MR) is 135 cm³/mol. The van der Waals surface area contributed by atoms with Crippen LogP contribution in [-0.4, -0.2) is 110 Å². The fraction of sp³-hybridized carbons (Fsp3) is 0.708. The number of hydrogen-bond donors (Lipinski definition) is 4. The lowest BCUT2D eigenvalue weighted by atomic mass is 9.94. The minimum Gasteiger partial charge on any atom is -0.370 e. The summed E-state index contributed by atoms with van der Waals surface area (Å²) in [4.78, 5) is 37.2. The fourth-order valence-corrected chi connectivity index (χ4v) is 5.90. The number of alkyl halides is 1. The zero-order valence-electron chi connectivity index (χ0n) is 21.1. The van der Waals surface area contributed by atoms with E-state index in [0.717, 1.165) is 63.4 Å². The van der Waals surface area contributed by atoms with Crippen LogP contribution in [0.25, 0.3) is 0 Å². The van der Waals surface area contributed by atoms with Gasteiger partial charge in [0.25, 0.3) is 0 Å². The number of hydrogen-bond acceptors (Lipinski definition) is 9. The second-order valence-electron chi connectivity index (χ2n) is 10.5. The van der Waals surface area contributed by atoms with Crippen LogP contribution < -0.4 is 26.7 Å². The average Bonchev–Trinajstić information content (AvgIpc) is 3.19. The van der Waals surface area contributed by atoms with Gasteiger partial charge in [0.05, 0.1) is 35.8 Å². The smallest absolute Gasteiger partial charge is 0.233 e. The number of halogens is 1. The highest BCUT2D eigenvalue weighted by Crippen LogP contribution is 2.34. The van der Waals surface area contributed by atoms with Gasteiger partial charge in [-0.25, -0.2) is 14.8 Å². The SMILES string of the molecule is Cc1cncc(NC(=O)C2C(N)NN3CC(F)CNC23)c1N1CCC(C(=O)N2CCN(C)CC2)CC1. The highest BCUT2D eigenvalue weighted by molar-refractivity contribution is 5.97. The van der Waals surface area contributed by atoms with Crippen molar-refractivity contribution in [1.82, 2.24) is 30.5 Å². The first-order valence-electron chi connectivity index (χ1n) is 13.0. The van der Waals surface area contributed by atoms with Gasteiger partial charge in [-0.2, -0.15) is 0 Å². The average molecular weight is 504 g/mol. The molecule has 5 heterocycles. The number of nitrogens with two attached hydrogens (primary N) is 1. The van der Waals surface area contributed by atoms with Crippen molar-refractivity contribution in [2.75, 3.05) is 69.6 Å². The first-order chi connectivity index (χ1) is 17.3. The number of carbonyl (C=O) groups excluding carboxylic acids is 2. The Balaban J connectivity index is 1.24. The molecule has 1 aromatic heterocycles.